The summed E-state index contributed by atoms with van der Waals surface area (Å²) in [6.45, 7) is 0.692. The van der Waals surface area contributed by atoms with E-state index in [2.05, 4.69) is 21.8 Å². The average Bonchev–Trinajstić information content (AvgIpc) is 2.67. The highest BCUT2D eigenvalue weighted by molar-refractivity contribution is 7.99. The predicted octanol–water partition coefficient (Wildman–Crippen LogP) is 2.81. The molecule has 15 heavy (non-hydrogen) atoms. The van der Waals surface area contributed by atoms with Gasteiger partial charge in [-0.2, -0.15) is 5.26 Å². The Morgan fingerprint density at radius 1 is 1.47 bits per heavy atom. The van der Waals surface area contributed by atoms with Crippen LogP contribution in [-0.2, 0) is 0 Å². The summed E-state index contributed by atoms with van der Waals surface area (Å²) in [5.41, 5.74) is 1.03. The summed E-state index contributed by atoms with van der Waals surface area (Å²) in [4.78, 5) is 4.45. The van der Waals surface area contributed by atoms with E-state index >= 15 is 0 Å². The second kappa shape index (κ2) is 5.12. The number of nitrogens with one attached hydrogen (secondary N) is 1. The Hall–Kier alpha value is -1.09. The standard InChI is InChI=1S/C10H9N3S2/c11-6-3-7-12-15-10-13-8-4-1-2-5-9(8)14-10/h1-2,4-5,12H,3,7H2. The summed E-state index contributed by atoms with van der Waals surface area (Å²) in [7, 11) is 0. The van der Waals surface area contributed by atoms with Crippen LogP contribution in [0.3, 0.4) is 0 Å². The molecule has 0 saturated carbocycles. The predicted molar refractivity (Wildman–Crippen MR) is 63.7 cm³/mol. The first-order chi connectivity index (χ1) is 7.40. The Morgan fingerprint density at radius 3 is 3.13 bits per heavy atom. The first kappa shape index (κ1) is 10.4. The van der Waals surface area contributed by atoms with E-state index in [1.807, 2.05) is 18.2 Å². The van der Waals surface area contributed by atoms with Gasteiger partial charge in [-0.25, -0.2) is 4.98 Å². The molecule has 1 aromatic heterocycles. The van der Waals surface area contributed by atoms with Gasteiger partial charge in [0.05, 0.1) is 16.3 Å². The van der Waals surface area contributed by atoms with E-state index in [0.717, 1.165) is 9.86 Å². The van der Waals surface area contributed by atoms with Gasteiger partial charge in [0.15, 0.2) is 4.34 Å². The van der Waals surface area contributed by atoms with Crippen molar-refractivity contribution in [2.24, 2.45) is 0 Å². The molecule has 0 amide bonds. The molecule has 0 saturated heterocycles. The molecule has 1 heterocycles. The minimum absolute atomic E-state index is 0.526. The van der Waals surface area contributed by atoms with Gasteiger partial charge in [0.1, 0.15) is 0 Å². The van der Waals surface area contributed by atoms with Crippen LogP contribution in [-0.4, -0.2) is 11.5 Å². The molecule has 2 aromatic rings. The molecule has 0 aliphatic heterocycles. The Kier molecular flexibility index (Phi) is 3.56. The fourth-order valence-electron chi connectivity index (χ4n) is 1.11. The molecule has 0 fully saturated rings. The Morgan fingerprint density at radius 2 is 2.33 bits per heavy atom. The molecule has 76 valence electrons. The van der Waals surface area contributed by atoms with Gasteiger partial charge in [-0.05, 0) is 24.1 Å². The molecular formula is C10H9N3S2. The molecule has 0 atom stereocenters. The van der Waals surface area contributed by atoms with Crippen LogP contribution in [0.4, 0.5) is 0 Å². The maximum Gasteiger partial charge on any atom is 0.166 e. The lowest BCUT2D eigenvalue weighted by atomic mass is 10.3. The van der Waals surface area contributed by atoms with E-state index in [0.29, 0.717) is 13.0 Å². The third-order valence-corrected chi connectivity index (χ3v) is 3.72. The number of hydrogen-bond acceptors (Lipinski definition) is 5. The zero-order valence-electron chi connectivity index (χ0n) is 7.93. The highest BCUT2D eigenvalue weighted by atomic mass is 32.2. The molecule has 0 unspecified atom stereocenters. The van der Waals surface area contributed by atoms with Crippen molar-refractivity contribution in [1.29, 1.82) is 5.26 Å². The highest BCUT2D eigenvalue weighted by Crippen LogP contribution is 2.27. The minimum Gasteiger partial charge on any atom is -0.257 e. The maximum absolute atomic E-state index is 8.37. The highest BCUT2D eigenvalue weighted by Gasteiger charge is 2.02. The summed E-state index contributed by atoms with van der Waals surface area (Å²) in [5.74, 6) is 0. The van der Waals surface area contributed by atoms with Gasteiger partial charge in [0.25, 0.3) is 0 Å². The van der Waals surface area contributed by atoms with Crippen LogP contribution < -0.4 is 4.72 Å². The van der Waals surface area contributed by atoms with Gasteiger partial charge in [0, 0.05) is 13.0 Å². The summed E-state index contributed by atoms with van der Waals surface area (Å²) in [6.07, 6.45) is 0.526. The monoisotopic (exact) mass is 235 g/mol. The van der Waals surface area contributed by atoms with Gasteiger partial charge in [-0.15, -0.1) is 11.3 Å². The van der Waals surface area contributed by atoms with Crippen LogP contribution in [0, 0.1) is 11.3 Å². The lowest BCUT2D eigenvalue weighted by molar-refractivity contribution is 0.944. The van der Waals surface area contributed by atoms with Gasteiger partial charge in [-0.3, -0.25) is 4.72 Å². The molecule has 0 aliphatic rings. The number of fused-ring (bicyclic) bond motifs is 1. The molecule has 0 radical (unpaired) electrons. The summed E-state index contributed by atoms with van der Waals surface area (Å²) < 4.78 is 5.30. The molecule has 1 aromatic carbocycles. The summed E-state index contributed by atoms with van der Waals surface area (Å²) in [5, 5.41) is 8.37. The zero-order chi connectivity index (χ0) is 10.5. The van der Waals surface area contributed by atoms with E-state index in [9.17, 15) is 0 Å². The van der Waals surface area contributed by atoms with Crippen molar-refractivity contribution >= 4 is 33.5 Å². The number of para-hydroxylation sites is 1. The Labute approximate surface area is 96.3 Å². The van der Waals surface area contributed by atoms with E-state index < -0.39 is 0 Å². The number of nitrogens with zero attached hydrogens (tertiary/aromatic N) is 2. The van der Waals surface area contributed by atoms with E-state index in [4.69, 9.17) is 5.26 Å². The smallest absolute Gasteiger partial charge is 0.166 e. The third-order valence-electron chi connectivity index (χ3n) is 1.77. The fourth-order valence-corrected chi connectivity index (χ4v) is 2.90. The quantitative estimate of drug-likeness (QED) is 0.654. The Balaban J connectivity index is 2.00. The van der Waals surface area contributed by atoms with Crippen molar-refractivity contribution in [2.75, 3.05) is 6.54 Å². The normalized spacial score (nSPS) is 10.3. The van der Waals surface area contributed by atoms with Crippen LogP contribution >= 0.6 is 23.3 Å². The van der Waals surface area contributed by atoms with E-state index in [1.165, 1.54) is 16.6 Å². The second-order valence-corrected chi connectivity index (χ2v) is 5.02. The van der Waals surface area contributed by atoms with E-state index in [-0.39, 0.29) is 0 Å². The first-order valence-electron chi connectivity index (χ1n) is 4.52. The molecule has 3 nitrogen and oxygen atoms in total. The van der Waals surface area contributed by atoms with Crippen LogP contribution in [0.2, 0.25) is 0 Å². The van der Waals surface area contributed by atoms with Gasteiger partial charge < -0.3 is 0 Å². The van der Waals surface area contributed by atoms with Crippen LogP contribution in [0.5, 0.6) is 0 Å². The number of hydrogen-bond donors (Lipinski definition) is 1. The first-order valence-corrected chi connectivity index (χ1v) is 6.15. The summed E-state index contributed by atoms with van der Waals surface area (Å²) >= 11 is 3.15. The number of thiazole rings is 1. The molecule has 2 rings (SSSR count). The summed E-state index contributed by atoms with van der Waals surface area (Å²) in [6, 6.07) is 10.2. The van der Waals surface area contributed by atoms with Crippen molar-refractivity contribution in [3.8, 4) is 6.07 Å². The fraction of sp³-hybridized carbons (Fsp3) is 0.200. The molecule has 0 aliphatic carbocycles. The number of benzene rings is 1. The minimum atomic E-state index is 0.526. The van der Waals surface area contributed by atoms with Crippen molar-refractivity contribution in [3.05, 3.63) is 24.3 Å². The molecule has 1 N–H and O–H groups in total. The van der Waals surface area contributed by atoms with Crippen molar-refractivity contribution < 1.29 is 0 Å². The molecule has 0 spiro atoms. The average molecular weight is 235 g/mol. The maximum atomic E-state index is 8.37. The van der Waals surface area contributed by atoms with Gasteiger partial charge in [0.2, 0.25) is 0 Å². The van der Waals surface area contributed by atoms with Crippen LogP contribution in [0.1, 0.15) is 6.42 Å². The number of rotatable bonds is 4. The molecule has 5 heteroatoms. The lowest BCUT2D eigenvalue weighted by Crippen LogP contribution is -2.03. The second-order valence-electron chi connectivity index (χ2n) is 2.85. The Bertz CT molecular complexity index is 454. The van der Waals surface area contributed by atoms with Crippen molar-refractivity contribution in [2.45, 2.75) is 10.8 Å². The topological polar surface area (TPSA) is 48.7 Å². The largest absolute Gasteiger partial charge is 0.257 e. The van der Waals surface area contributed by atoms with Crippen molar-refractivity contribution in [1.82, 2.24) is 9.71 Å². The van der Waals surface area contributed by atoms with Crippen LogP contribution in [0.25, 0.3) is 10.2 Å². The van der Waals surface area contributed by atoms with E-state index in [1.54, 1.807) is 11.3 Å². The van der Waals surface area contributed by atoms with Gasteiger partial charge in [-0.1, -0.05) is 12.1 Å². The third kappa shape index (κ3) is 2.69. The number of aromatic nitrogens is 1. The lowest BCUT2D eigenvalue weighted by Gasteiger charge is -1.94. The number of nitriles is 1. The van der Waals surface area contributed by atoms with Gasteiger partial charge >= 0.3 is 0 Å². The SMILES string of the molecule is N#CCCNSc1nc2ccccc2s1. The molecule has 0 bridgehead atoms. The zero-order valence-corrected chi connectivity index (χ0v) is 9.57. The van der Waals surface area contributed by atoms with Crippen molar-refractivity contribution in [3.63, 3.8) is 0 Å². The van der Waals surface area contributed by atoms with Crippen LogP contribution in [0.15, 0.2) is 28.6 Å². The molecular weight excluding hydrogens is 226 g/mol.